The van der Waals surface area contributed by atoms with Gasteiger partial charge in [-0.15, -0.1) is 0 Å². The lowest BCUT2D eigenvalue weighted by Gasteiger charge is -2.30. The highest BCUT2D eigenvalue weighted by atomic mass is 32.2. The number of amides is 1. The molecule has 1 fully saturated rings. The number of aliphatic hydroxyl groups is 1. The average molecular weight is 342 g/mol. The van der Waals surface area contributed by atoms with E-state index in [1.807, 2.05) is 0 Å². The van der Waals surface area contributed by atoms with Gasteiger partial charge < -0.3 is 14.7 Å². The fraction of sp³-hybridized carbons (Fsp3) is 0.533. The molecule has 0 radical (unpaired) electrons. The second-order valence-corrected chi connectivity index (χ2v) is 7.29. The summed E-state index contributed by atoms with van der Waals surface area (Å²) in [5, 5.41) is 10.1. The Bertz CT molecular complexity index is 614. The SMILES string of the molecule is C[C@H](NS(=O)(=O)Cc1ccccc1)[C@@H](O)C(=O)N1CCOCC1. The Labute approximate surface area is 136 Å². The van der Waals surface area contributed by atoms with Crippen molar-refractivity contribution in [3.05, 3.63) is 35.9 Å². The van der Waals surface area contributed by atoms with Gasteiger partial charge in [-0.1, -0.05) is 30.3 Å². The first-order valence-electron chi connectivity index (χ1n) is 7.47. The number of sulfonamides is 1. The molecular formula is C15H22N2O5S. The maximum atomic E-state index is 12.2. The van der Waals surface area contributed by atoms with E-state index in [4.69, 9.17) is 4.74 Å². The van der Waals surface area contributed by atoms with Gasteiger partial charge in [-0.2, -0.15) is 0 Å². The Morgan fingerprint density at radius 2 is 1.91 bits per heavy atom. The first kappa shape index (κ1) is 17.9. The quantitative estimate of drug-likeness (QED) is 0.741. The fourth-order valence-electron chi connectivity index (χ4n) is 2.37. The number of carbonyl (C=O) groups excluding carboxylic acids is 1. The van der Waals surface area contributed by atoms with E-state index in [-0.39, 0.29) is 5.75 Å². The van der Waals surface area contributed by atoms with E-state index in [2.05, 4.69) is 4.72 Å². The number of morpholine rings is 1. The van der Waals surface area contributed by atoms with Crippen molar-refractivity contribution in [2.75, 3.05) is 26.3 Å². The van der Waals surface area contributed by atoms with Gasteiger partial charge in [-0.05, 0) is 12.5 Å². The van der Waals surface area contributed by atoms with Gasteiger partial charge in [-0.25, -0.2) is 13.1 Å². The third kappa shape index (κ3) is 5.28. The summed E-state index contributed by atoms with van der Waals surface area (Å²) in [6, 6.07) is 7.82. The second-order valence-electron chi connectivity index (χ2n) is 5.53. The van der Waals surface area contributed by atoms with Crippen LogP contribution in [-0.2, 0) is 25.3 Å². The number of rotatable bonds is 6. The molecule has 7 nitrogen and oxygen atoms in total. The van der Waals surface area contributed by atoms with Gasteiger partial charge in [0.2, 0.25) is 10.0 Å². The summed E-state index contributed by atoms with van der Waals surface area (Å²) >= 11 is 0. The monoisotopic (exact) mass is 342 g/mol. The minimum Gasteiger partial charge on any atom is -0.382 e. The van der Waals surface area contributed by atoms with Crippen molar-refractivity contribution in [1.82, 2.24) is 9.62 Å². The molecule has 23 heavy (non-hydrogen) atoms. The molecule has 0 aliphatic carbocycles. The summed E-state index contributed by atoms with van der Waals surface area (Å²) < 4.78 is 31.8. The minimum atomic E-state index is -3.65. The number of carbonyl (C=O) groups is 1. The van der Waals surface area contributed by atoms with Gasteiger partial charge in [0, 0.05) is 13.1 Å². The van der Waals surface area contributed by atoms with Crippen molar-refractivity contribution in [2.24, 2.45) is 0 Å². The van der Waals surface area contributed by atoms with Crippen molar-refractivity contribution in [3.8, 4) is 0 Å². The third-order valence-corrected chi connectivity index (χ3v) is 5.06. The van der Waals surface area contributed by atoms with E-state index in [9.17, 15) is 18.3 Å². The third-order valence-electron chi connectivity index (χ3n) is 3.61. The van der Waals surface area contributed by atoms with Crippen LogP contribution in [0, 0.1) is 0 Å². The Morgan fingerprint density at radius 1 is 1.30 bits per heavy atom. The standard InChI is InChI=1S/C15H22N2O5S/c1-12(14(18)15(19)17-7-9-22-10-8-17)16-23(20,21)11-13-5-3-2-4-6-13/h2-6,12,14,16,18H,7-11H2,1H3/t12-,14+/m0/s1. The lowest BCUT2D eigenvalue weighted by atomic mass is 10.1. The van der Waals surface area contributed by atoms with Crippen molar-refractivity contribution in [2.45, 2.75) is 24.8 Å². The van der Waals surface area contributed by atoms with Gasteiger partial charge >= 0.3 is 0 Å². The first-order valence-corrected chi connectivity index (χ1v) is 9.13. The summed E-state index contributed by atoms with van der Waals surface area (Å²) in [6.45, 7) is 3.13. The van der Waals surface area contributed by atoms with E-state index in [1.165, 1.54) is 11.8 Å². The zero-order valence-corrected chi connectivity index (χ0v) is 13.8. The van der Waals surface area contributed by atoms with Crippen LogP contribution < -0.4 is 4.72 Å². The number of nitrogens with one attached hydrogen (secondary N) is 1. The largest absolute Gasteiger partial charge is 0.382 e. The Balaban J connectivity index is 1.93. The molecule has 2 atom stereocenters. The molecule has 8 heteroatoms. The van der Waals surface area contributed by atoms with Crippen LogP contribution in [0.3, 0.4) is 0 Å². The number of hydrogen-bond donors (Lipinski definition) is 2. The smallest absolute Gasteiger partial charge is 0.253 e. The van der Waals surface area contributed by atoms with E-state index in [0.717, 1.165) is 0 Å². The molecule has 0 aromatic heterocycles. The van der Waals surface area contributed by atoms with Crippen LogP contribution in [0.1, 0.15) is 12.5 Å². The molecule has 0 saturated carbocycles. The van der Waals surface area contributed by atoms with Crippen LogP contribution in [0.25, 0.3) is 0 Å². The second kappa shape index (κ2) is 7.87. The van der Waals surface area contributed by atoms with Crippen molar-refractivity contribution in [1.29, 1.82) is 0 Å². The van der Waals surface area contributed by atoms with Gasteiger partial charge in [0.15, 0.2) is 0 Å². The molecule has 128 valence electrons. The molecule has 0 unspecified atom stereocenters. The molecule has 0 spiro atoms. The number of benzene rings is 1. The van der Waals surface area contributed by atoms with Crippen LogP contribution in [0.2, 0.25) is 0 Å². The highest BCUT2D eigenvalue weighted by molar-refractivity contribution is 7.88. The van der Waals surface area contributed by atoms with Crippen LogP contribution in [0.5, 0.6) is 0 Å². The number of ether oxygens (including phenoxy) is 1. The zero-order chi connectivity index (χ0) is 16.9. The summed E-state index contributed by atoms with van der Waals surface area (Å²) in [6.07, 6.45) is -1.42. The summed E-state index contributed by atoms with van der Waals surface area (Å²) in [5.74, 6) is -0.681. The van der Waals surface area contributed by atoms with E-state index in [0.29, 0.717) is 31.9 Å². The van der Waals surface area contributed by atoms with E-state index in [1.54, 1.807) is 30.3 Å². The van der Waals surface area contributed by atoms with Gasteiger partial charge in [-0.3, -0.25) is 4.79 Å². The maximum Gasteiger partial charge on any atom is 0.253 e. The van der Waals surface area contributed by atoms with Crippen molar-refractivity contribution < 1.29 is 23.1 Å². The summed E-state index contributed by atoms with van der Waals surface area (Å²) in [7, 11) is -3.65. The van der Waals surface area contributed by atoms with Crippen molar-refractivity contribution >= 4 is 15.9 Å². The predicted molar refractivity (Wildman–Crippen MR) is 85.1 cm³/mol. The molecular weight excluding hydrogens is 320 g/mol. The molecule has 1 heterocycles. The van der Waals surface area contributed by atoms with E-state index < -0.39 is 28.1 Å². The molecule has 1 aliphatic rings. The minimum absolute atomic E-state index is 0.198. The number of aliphatic hydroxyl groups excluding tert-OH is 1. The van der Waals surface area contributed by atoms with Crippen LogP contribution in [-0.4, -0.2) is 62.8 Å². The molecule has 1 aliphatic heterocycles. The molecule has 1 saturated heterocycles. The molecule has 1 amide bonds. The van der Waals surface area contributed by atoms with E-state index >= 15 is 0 Å². The van der Waals surface area contributed by atoms with Gasteiger partial charge in [0.05, 0.1) is 25.0 Å². The average Bonchev–Trinajstić information content (AvgIpc) is 2.54. The number of nitrogens with zero attached hydrogens (tertiary/aromatic N) is 1. The molecule has 1 aromatic rings. The molecule has 0 bridgehead atoms. The Morgan fingerprint density at radius 3 is 2.52 bits per heavy atom. The lowest BCUT2D eigenvalue weighted by Crippen LogP contribution is -2.52. The first-order chi connectivity index (χ1) is 10.9. The lowest BCUT2D eigenvalue weighted by molar-refractivity contribution is -0.145. The molecule has 2 rings (SSSR count). The highest BCUT2D eigenvalue weighted by Gasteiger charge is 2.30. The van der Waals surface area contributed by atoms with Crippen LogP contribution in [0.4, 0.5) is 0 Å². The topological polar surface area (TPSA) is 95.9 Å². The Kier molecular flexibility index (Phi) is 6.11. The van der Waals surface area contributed by atoms with Crippen LogP contribution >= 0.6 is 0 Å². The Hall–Kier alpha value is -1.48. The number of hydrogen-bond acceptors (Lipinski definition) is 5. The predicted octanol–water partition coefficient (Wildman–Crippen LogP) is -0.286. The van der Waals surface area contributed by atoms with Gasteiger partial charge in [0.25, 0.3) is 5.91 Å². The normalized spacial score (nSPS) is 18.4. The highest BCUT2D eigenvalue weighted by Crippen LogP contribution is 2.08. The summed E-state index contributed by atoms with van der Waals surface area (Å²) in [4.78, 5) is 13.7. The fourth-order valence-corrected chi connectivity index (χ4v) is 3.78. The molecule has 1 aromatic carbocycles. The van der Waals surface area contributed by atoms with Crippen molar-refractivity contribution in [3.63, 3.8) is 0 Å². The maximum absolute atomic E-state index is 12.2. The van der Waals surface area contributed by atoms with Crippen LogP contribution in [0.15, 0.2) is 30.3 Å². The summed E-state index contributed by atoms with van der Waals surface area (Å²) in [5.41, 5.74) is 0.640. The van der Waals surface area contributed by atoms with Gasteiger partial charge in [0.1, 0.15) is 6.10 Å². The zero-order valence-electron chi connectivity index (χ0n) is 13.0. The molecule has 2 N–H and O–H groups in total.